The molecule has 2 aromatic rings. The molecule has 1 aromatic carbocycles. The first-order valence-corrected chi connectivity index (χ1v) is 6.63. The van der Waals surface area contributed by atoms with Crippen molar-refractivity contribution in [3.8, 4) is 0 Å². The van der Waals surface area contributed by atoms with Gasteiger partial charge in [0.15, 0.2) is 0 Å². The minimum Gasteiger partial charge on any atom is -0.378 e. The minimum atomic E-state index is -0.136. The Hall–Kier alpha value is -2.05. The highest BCUT2D eigenvalue weighted by Gasteiger charge is 2.16. The Morgan fingerprint density at radius 3 is 3.15 bits per heavy atom. The van der Waals surface area contributed by atoms with Gasteiger partial charge < -0.3 is 15.4 Å². The first-order valence-electron chi connectivity index (χ1n) is 6.63. The average molecular weight is 272 g/mol. The van der Waals surface area contributed by atoms with E-state index in [4.69, 9.17) is 4.74 Å². The van der Waals surface area contributed by atoms with Crippen molar-refractivity contribution in [2.45, 2.75) is 6.04 Å². The molecular weight excluding hydrogens is 256 g/mol. The molecule has 6 nitrogen and oxygen atoms in total. The molecule has 1 saturated heterocycles. The zero-order valence-electron chi connectivity index (χ0n) is 11.0. The van der Waals surface area contributed by atoms with E-state index in [0.29, 0.717) is 24.2 Å². The summed E-state index contributed by atoms with van der Waals surface area (Å²) in [6.07, 6.45) is 3.21. The van der Waals surface area contributed by atoms with Gasteiger partial charge in [0.05, 0.1) is 24.3 Å². The average Bonchev–Trinajstić information content (AvgIpc) is 2.53. The second-order valence-corrected chi connectivity index (χ2v) is 4.67. The van der Waals surface area contributed by atoms with Gasteiger partial charge in [-0.05, 0) is 12.1 Å². The van der Waals surface area contributed by atoms with E-state index in [9.17, 15) is 4.79 Å². The summed E-state index contributed by atoms with van der Waals surface area (Å²) < 4.78 is 5.35. The van der Waals surface area contributed by atoms with E-state index in [1.54, 1.807) is 18.5 Å². The molecule has 6 heteroatoms. The maximum Gasteiger partial charge on any atom is 0.253 e. The molecule has 1 fully saturated rings. The van der Waals surface area contributed by atoms with Gasteiger partial charge in [0, 0.05) is 31.5 Å². The van der Waals surface area contributed by atoms with Gasteiger partial charge >= 0.3 is 0 Å². The van der Waals surface area contributed by atoms with E-state index in [1.807, 2.05) is 12.1 Å². The number of hydrogen-bond donors (Lipinski definition) is 2. The highest BCUT2D eigenvalue weighted by atomic mass is 16.5. The van der Waals surface area contributed by atoms with Gasteiger partial charge in [-0.3, -0.25) is 14.8 Å². The van der Waals surface area contributed by atoms with Crippen molar-refractivity contribution >= 4 is 16.9 Å². The summed E-state index contributed by atoms with van der Waals surface area (Å²) in [6.45, 7) is 2.70. The highest BCUT2D eigenvalue weighted by molar-refractivity contribution is 6.04. The number of fused-ring (bicyclic) bond motifs is 1. The van der Waals surface area contributed by atoms with Crippen LogP contribution in [0.2, 0.25) is 0 Å². The summed E-state index contributed by atoms with van der Waals surface area (Å²) in [6, 6.07) is 5.58. The zero-order valence-corrected chi connectivity index (χ0v) is 11.0. The number of para-hydroxylation sites is 1. The van der Waals surface area contributed by atoms with E-state index in [-0.39, 0.29) is 11.9 Å². The van der Waals surface area contributed by atoms with Crippen molar-refractivity contribution in [1.29, 1.82) is 0 Å². The quantitative estimate of drug-likeness (QED) is 0.843. The first kappa shape index (κ1) is 13.0. The number of aromatic nitrogens is 2. The smallest absolute Gasteiger partial charge is 0.253 e. The highest BCUT2D eigenvalue weighted by Crippen LogP contribution is 2.13. The van der Waals surface area contributed by atoms with Crippen LogP contribution in [0.5, 0.6) is 0 Å². The molecule has 2 N–H and O–H groups in total. The lowest BCUT2D eigenvalue weighted by Gasteiger charge is -2.23. The zero-order chi connectivity index (χ0) is 13.8. The summed E-state index contributed by atoms with van der Waals surface area (Å²) in [5.41, 5.74) is 1.90. The summed E-state index contributed by atoms with van der Waals surface area (Å²) in [5.74, 6) is -0.136. The molecule has 1 aromatic heterocycles. The molecule has 0 radical (unpaired) electrons. The standard InChI is InChI=1S/C14H16N4O2/c19-14(18-8-10-9-20-7-6-15-10)11-2-1-3-12-13(11)17-5-4-16-12/h1-5,10,15H,6-9H2,(H,18,19). The molecule has 0 aliphatic carbocycles. The lowest BCUT2D eigenvalue weighted by Crippen LogP contribution is -2.48. The van der Waals surface area contributed by atoms with Crippen LogP contribution < -0.4 is 10.6 Å². The predicted octanol–water partition coefficient (Wildman–Crippen LogP) is 0.348. The fraction of sp³-hybridized carbons (Fsp3) is 0.357. The van der Waals surface area contributed by atoms with E-state index >= 15 is 0 Å². The number of carbonyl (C=O) groups excluding carboxylic acids is 1. The van der Waals surface area contributed by atoms with Crippen molar-refractivity contribution in [3.05, 3.63) is 36.2 Å². The van der Waals surface area contributed by atoms with Crippen molar-refractivity contribution in [2.75, 3.05) is 26.3 Å². The lowest BCUT2D eigenvalue weighted by molar-refractivity contribution is 0.0735. The number of nitrogens with one attached hydrogen (secondary N) is 2. The fourth-order valence-corrected chi connectivity index (χ4v) is 2.24. The Kier molecular flexibility index (Phi) is 3.85. The van der Waals surface area contributed by atoms with Gasteiger partial charge in [0.1, 0.15) is 5.52 Å². The van der Waals surface area contributed by atoms with Gasteiger partial charge in [-0.1, -0.05) is 6.07 Å². The molecule has 1 unspecified atom stereocenters. The third kappa shape index (κ3) is 2.76. The van der Waals surface area contributed by atoms with E-state index < -0.39 is 0 Å². The summed E-state index contributed by atoms with van der Waals surface area (Å²) >= 11 is 0. The first-order chi connectivity index (χ1) is 9.84. The van der Waals surface area contributed by atoms with E-state index in [1.165, 1.54) is 0 Å². The van der Waals surface area contributed by atoms with Crippen LogP contribution in [0.1, 0.15) is 10.4 Å². The van der Waals surface area contributed by atoms with Crippen LogP contribution in [0.15, 0.2) is 30.6 Å². The Labute approximate surface area is 116 Å². The monoisotopic (exact) mass is 272 g/mol. The number of ether oxygens (including phenoxy) is 1. The Balaban J connectivity index is 1.72. The van der Waals surface area contributed by atoms with E-state index in [2.05, 4.69) is 20.6 Å². The molecule has 1 atom stereocenters. The van der Waals surface area contributed by atoms with Crippen LogP contribution in [0.3, 0.4) is 0 Å². The molecule has 0 saturated carbocycles. The fourth-order valence-electron chi connectivity index (χ4n) is 2.24. The van der Waals surface area contributed by atoms with Gasteiger partial charge in [-0.15, -0.1) is 0 Å². The Morgan fingerprint density at radius 1 is 1.40 bits per heavy atom. The second-order valence-electron chi connectivity index (χ2n) is 4.67. The third-order valence-electron chi connectivity index (χ3n) is 3.25. The van der Waals surface area contributed by atoms with Crippen molar-refractivity contribution in [2.24, 2.45) is 0 Å². The normalized spacial score (nSPS) is 18.9. The van der Waals surface area contributed by atoms with Crippen LogP contribution in [0.4, 0.5) is 0 Å². The van der Waals surface area contributed by atoms with Gasteiger partial charge in [-0.2, -0.15) is 0 Å². The molecule has 1 aliphatic heterocycles. The van der Waals surface area contributed by atoms with Gasteiger partial charge in [0.25, 0.3) is 5.91 Å². The predicted molar refractivity (Wildman–Crippen MR) is 74.5 cm³/mol. The van der Waals surface area contributed by atoms with E-state index in [0.717, 1.165) is 18.7 Å². The number of amides is 1. The summed E-state index contributed by atoms with van der Waals surface area (Å²) in [4.78, 5) is 20.7. The number of nitrogens with zero attached hydrogens (tertiary/aromatic N) is 2. The van der Waals surface area contributed by atoms with Crippen LogP contribution >= 0.6 is 0 Å². The molecule has 2 heterocycles. The molecular formula is C14H16N4O2. The Bertz CT molecular complexity index is 606. The van der Waals surface area contributed by atoms with Gasteiger partial charge in [-0.25, -0.2) is 0 Å². The van der Waals surface area contributed by atoms with Crippen LogP contribution in [0, 0.1) is 0 Å². The topological polar surface area (TPSA) is 76.1 Å². The summed E-state index contributed by atoms with van der Waals surface area (Å²) in [7, 11) is 0. The molecule has 1 amide bonds. The maximum atomic E-state index is 12.3. The molecule has 104 valence electrons. The number of hydrogen-bond acceptors (Lipinski definition) is 5. The largest absolute Gasteiger partial charge is 0.378 e. The molecule has 3 rings (SSSR count). The Morgan fingerprint density at radius 2 is 2.30 bits per heavy atom. The van der Waals surface area contributed by atoms with Crippen molar-refractivity contribution < 1.29 is 9.53 Å². The SMILES string of the molecule is O=C(NCC1COCCN1)c1cccc2nccnc12. The molecule has 0 spiro atoms. The maximum absolute atomic E-state index is 12.3. The number of carbonyl (C=O) groups is 1. The number of morpholine rings is 1. The number of rotatable bonds is 3. The van der Waals surface area contributed by atoms with Crippen LogP contribution in [-0.2, 0) is 4.74 Å². The van der Waals surface area contributed by atoms with Crippen LogP contribution in [0.25, 0.3) is 11.0 Å². The second kappa shape index (κ2) is 5.94. The van der Waals surface area contributed by atoms with Crippen LogP contribution in [-0.4, -0.2) is 48.2 Å². The van der Waals surface area contributed by atoms with Crippen molar-refractivity contribution in [1.82, 2.24) is 20.6 Å². The molecule has 0 bridgehead atoms. The minimum absolute atomic E-state index is 0.136. The van der Waals surface area contributed by atoms with Crippen molar-refractivity contribution in [3.63, 3.8) is 0 Å². The lowest BCUT2D eigenvalue weighted by atomic mass is 10.1. The third-order valence-corrected chi connectivity index (χ3v) is 3.25. The van der Waals surface area contributed by atoms with Gasteiger partial charge in [0.2, 0.25) is 0 Å². The molecule has 1 aliphatic rings. The summed E-state index contributed by atoms with van der Waals surface area (Å²) in [5, 5.41) is 6.21. The molecule has 20 heavy (non-hydrogen) atoms. The number of benzene rings is 1.